The molecule has 0 spiro atoms. The third-order valence-corrected chi connectivity index (χ3v) is 3.62. The normalized spacial score (nSPS) is 10.3. The van der Waals surface area contributed by atoms with Crippen LogP contribution in [0.2, 0.25) is 0 Å². The number of benzene rings is 1. The molecule has 0 aliphatic heterocycles. The summed E-state index contributed by atoms with van der Waals surface area (Å²) >= 11 is 3.43. The topological polar surface area (TPSA) is 65.4 Å². The number of hydrogen-bond acceptors (Lipinski definition) is 4. The highest BCUT2D eigenvalue weighted by Crippen LogP contribution is 2.33. The number of carbonyl (C=O) groups is 1. The molecule has 2 aromatic rings. The fraction of sp³-hybridized carbons (Fsp3) is 0.286. The van der Waals surface area contributed by atoms with E-state index >= 15 is 0 Å². The standard InChI is InChI=1S/C14H16BrN3O3/c1-18-5-4-13(17-18)16-14(19)7-9-6-11(20-2)12(21-3)8-10(9)15/h4-6,8H,7H2,1-3H3,(H,16,17,19). The van der Waals surface area contributed by atoms with Gasteiger partial charge in [0.15, 0.2) is 17.3 Å². The Labute approximate surface area is 131 Å². The van der Waals surface area contributed by atoms with Gasteiger partial charge >= 0.3 is 0 Å². The summed E-state index contributed by atoms with van der Waals surface area (Å²) in [6, 6.07) is 5.30. The Morgan fingerprint density at radius 1 is 1.33 bits per heavy atom. The zero-order valence-corrected chi connectivity index (χ0v) is 13.6. The van der Waals surface area contributed by atoms with Crippen LogP contribution in [0.15, 0.2) is 28.9 Å². The summed E-state index contributed by atoms with van der Waals surface area (Å²) in [6.45, 7) is 0. The molecular formula is C14H16BrN3O3. The number of aromatic nitrogens is 2. The Hall–Kier alpha value is -2.02. The maximum Gasteiger partial charge on any atom is 0.230 e. The summed E-state index contributed by atoms with van der Waals surface area (Å²) in [4.78, 5) is 12.0. The Morgan fingerprint density at radius 2 is 2.00 bits per heavy atom. The minimum atomic E-state index is -0.151. The number of anilines is 1. The molecule has 0 unspecified atom stereocenters. The summed E-state index contributed by atoms with van der Waals surface area (Å²) in [5, 5.41) is 6.84. The molecule has 0 fully saturated rings. The Bertz CT molecular complexity index is 655. The van der Waals surface area contributed by atoms with Gasteiger partial charge in [-0.1, -0.05) is 15.9 Å². The molecule has 1 amide bonds. The number of nitrogens with zero attached hydrogens (tertiary/aromatic N) is 2. The molecule has 0 atom stereocenters. The lowest BCUT2D eigenvalue weighted by Crippen LogP contribution is -2.15. The molecule has 1 heterocycles. The highest BCUT2D eigenvalue weighted by molar-refractivity contribution is 9.10. The van der Waals surface area contributed by atoms with Crippen molar-refractivity contribution in [2.24, 2.45) is 7.05 Å². The predicted molar refractivity (Wildman–Crippen MR) is 82.8 cm³/mol. The van der Waals surface area contributed by atoms with Crippen LogP contribution in [0.4, 0.5) is 5.82 Å². The van der Waals surface area contributed by atoms with Crippen LogP contribution in [0.5, 0.6) is 11.5 Å². The van der Waals surface area contributed by atoms with Crippen LogP contribution >= 0.6 is 15.9 Å². The second-order valence-electron chi connectivity index (χ2n) is 4.40. The van der Waals surface area contributed by atoms with Gasteiger partial charge in [-0.05, 0) is 17.7 Å². The van der Waals surface area contributed by atoms with Gasteiger partial charge in [-0.15, -0.1) is 0 Å². The van der Waals surface area contributed by atoms with E-state index in [0.29, 0.717) is 17.3 Å². The molecular weight excluding hydrogens is 338 g/mol. The molecule has 7 heteroatoms. The first-order valence-corrected chi connectivity index (χ1v) is 7.02. The number of nitrogens with one attached hydrogen (secondary N) is 1. The summed E-state index contributed by atoms with van der Waals surface area (Å²) in [5.74, 6) is 1.57. The molecule has 1 aromatic carbocycles. The van der Waals surface area contributed by atoms with Crippen LogP contribution in [0.3, 0.4) is 0 Å². The highest BCUT2D eigenvalue weighted by atomic mass is 79.9. The molecule has 0 saturated carbocycles. The lowest BCUT2D eigenvalue weighted by Gasteiger charge is -2.11. The largest absolute Gasteiger partial charge is 0.493 e. The van der Waals surface area contributed by atoms with E-state index in [0.717, 1.165) is 10.0 Å². The zero-order valence-electron chi connectivity index (χ0n) is 12.0. The smallest absolute Gasteiger partial charge is 0.230 e. The van der Waals surface area contributed by atoms with Gasteiger partial charge in [-0.25, -0.2) is 0 Å². The van der Waals surface area contributed by atoms with Crippen LogP contribution in [-0.2, 0) is 18.3 Å². The van der Waals surface area contributed by atoms with E-state index in [1.54, 1.807) is 50.3 Å². The number of halogens is 1. The van der Waals surface area contributed by atoms with Crippen molar-refractivity contribution >= 4 is 27.7 Å². The Morgan fingerprint density at radius 3 is 2.57 bits per heavy atom. The molecule has 0 saturated heterocycles. The average Bonchev–Trinajstić information content (AvgIpc) is 2.85. The van der Waals surface area contributed by atoms with Crippen molar-refractivity contribution in [1.82, 2.24) is 9.78 Å². The third-order valence-electron chi connectivity index (χ3n) is 2.88. The second-order valence-corrected chi connectivity index (χ2v) is 5.25. The maximum absolute atomic E-state index is 12.0. The van der Waals surface area contributed by atoms with Crippen molar-refractivity contribution in [3.63, 3.8) is 0 Å². The molecule has 1 N–H and O–H groups in total. The second kappa shape index (κ2) is 6.62. The first-order valence-electron chi connectivity index (χ1n) is 6.23. The summed E-state index contributed by atoms with van der Waals surface area (Å²) in [7, 11) is 4.92. The van der Waals surface area contributed by atoms with Crippen LogP contribution in [-0.4, -0.2) is 29.9 Å². The van der Waals surface area contributed by atoms with E-state index in [-0.39, 0.29) is 12.3 Å². The lowest BCUT2D eigenvalue weighted by atomic mass is 10.1. The van der Waals surface area contributed by atoms with Gasteiger partial charge in [0.2, 0.25) is 5.91 Å². The number of hydrogen-bond donors (Lipinski definition) is 1. The molecule has 1 aromatic heterocycles. The van der Waals surface area contributed by atoms with Crippen molar-refractivity contribution < 1.29 is 14.3 Å². The van der Waals surface area contributed by atoms with Gasteiger partial charge in [-0.3, -0.25) is 9.48 Å². The predicted octanol–water partition coefficient (Wildman–Crippen LogP) is 2.38. The zero-order chi connectivity index (χ0) is 15.4. The monoisotopic (exact) mass is 353 g/mol. The van der Waals surface area contributed by atoms with Crippen LogP contribution in [0.25, 0.3) is 0 Å². The maximum atomic E-state index is 12.0. The number of ether oxygens (including phenoxy) is 2. The van der Waals surface area contributed by atoms with Gasteiger partial charge < -0.3 is 14.8 Å². The van der Waals surface area contributed by atoms with Crippen LogP contribution in [0.1, 0.15) is 5.56 Å². The van der Waals surface area contributed by atoms with Crippen molar-refractivity contribution in [2.75, 3.05) is 19.5 Å². The van der Waals surface area contributed by atoms with Crippen molar-refractivity contribution in [3.8, 4) is 11.5 Å². The molecule has 0 aliphatic rings. The number of methoxy groups -OCH3 is 2. The third kappa shape index (κ3) is 3.75. The van der Waals surface area contributed by atoms with Gasteiger partial charge in [0.25, 0.3) is 0 Å². The van der Waals surface area contributed by atoms with Crippen molar-refractivity contribution in [2.45, 2.75) is 6.42 Å². The summed E-state index contributed by atoms with van der Waals surface area (Å²) in [6.07, 6.45) is 1.97. The minimum absolute atomic E-state index is 0.151. The molecule has 112 valence electrons. The van der Waals surface area contributed by atoms with E-state index in [4.69, 9.17) is 9.47 Å². The average molecular weight is 354 g/mol. The highest BCUT2D eigenvalue weighted by Gasteiger charge is 2.13. The lowest BCUT2D eigenvalue weighted by molar-refractivity contribution is -0.115. The van der Waals surface area contributed by atoms with Gasteiger partial charge in [0.05, 0.1) is 20.6 Å². The van der Waals surface area contributed by atoms with Crippen LogP contribution in [0, 0.1) is 0 Å². The summed E-state index contributed by atoms with van der Waals surface area (Å²) < 4.78 is 12.9. The van der Waals surface area contributed by atoms with E-state index in [9.17, 15) is 4.79 Å². The first kappa shape index (κ1) is 15.4. The van der Waals surface area contributed by atoms with Crippen LogP contribution < -0.4 is 14.8 Å². The fourth-order valence-corrected chi connectivity index (χ4v) is 2.34. The molecule has 0 aliphatic carbocycles. The molecule has 0 radical (unpaired) electrons. The van der Waals surface area contributed by atoms with E-state index < -0.39 is 0 Å². The molecule has 21 heavy (non-hydrogen) atoms. The van der Waals surface area contributed by atoms with E-state index in [1.165, 1.54) is 0 Å². The fourth-order valence-electron chi connectivity index (χ4n) is 1.87. The number of amides is 1. The minimum Gasteiger partial charge on any atom is -0.493 e. The number of rotatable bonds is 5. The molecule has 2 rings (SSSR count). The SMILES string of the molecule is COc1cc(Br)c(CC(=O)Nc2ccn(C)n2)cc1OC. The molecule has 6 nitrogen and oxygen atoms in total. The number of aryl methyl sites for hydroxylation is 1. The molecule has 0 bridgehead atoms. The Kier molecular flexibility index (Phi) is 4.85. The van der Waals surface area contributed by atoms with Gasteiger partial charge in [0, 0.05) is 23.8 Å². The number of carbonyl (C=O) groups excluding carboxylic acids is 1. The quantitative estimate of drug-likeness (QED) is 0.896. The summed E-state index contributed by atoms with van der Waals surface area (Å²) in [5.41, 5.74) is 0.807. The van der Waals surface area contributed by atoms with E-state index in [1.807, 2.05) is 0 Å². The van der Waals surface area contributed by atoms with Crippen molar-refractivity contribution in [1.29, 1.82) is 0 Å². The first-order chi connectivity index (χ1) is 10.0. The van der Waals surface area contributed by atoms with Gasteiger partial charge in [-0.2, -0.15) is 5.10 Å². The van der Waals surface area contributed by atoms with Crippen molar-refractivity contribution in [3.05, 3.63) is 34.4 Å². The Balaban J connectivity index is 2.13. The van der Waals surface area contributed by atoms with E-state index in [2.05, 4.69) is 26.3 Å². The van der Waals surface area contributed by atoms with Gasteiger partial charge in [0.1, 0.15) is 0 Å².